The maximum absolute atomic E-state index is 13.2. The minimum absolute atomic E-state index is 0.184. The molecule has 3 amide bonds. The summed E-state index contributed by atoms with van der Waals surface area (Å²) in [7, 11) is 0. The first-order chi connectivity index (χ1) is 15.8. The number of rotatable bonds is 7. The largest absolute Gasteiger partial charge is 0.471 e. The molecule has 0 spiro atoms. The van der Waals surface area contributed by atoms with E-state index in [1.54, 1.807) is 39.4 Å². The monoisotopic (exact) mass is 463 g/mol. The fraction of sp³-hybridized carbons (Fsp3) is 0.348. The lowest BCUT2D eigenvalue weighted by Crippen LogP contribution is -2.48. The van der Waals surface area contributed by atoms with Gasteiger partial charge >= 0.3 is 18.1 Å². The molecule has 0 saturated carbocycles. The van der Waals surface area contributed by atoms with Crippen LogP contribution in [-0.2, 0) is 16.1 Å². The highest BCUT2D eigenvalue weighted by Crippen LogP contribution is 2.21. The average Bonchev–Trinajstić information content (AvgIpc) is 2.82. The summed E-state index contributed by atoms with van der Waals surface area (Å²) < 4.78 is 42.1. The van der Waals surface area contributed by atoms with E-state index >= 15 is 0 Å². The molecule has 0 atom stereocenters. The molecule has 1 aliphatic rings. The summed E-state index contributed by atoms with van der Waals surface area (Å²) in [6.45, 7) is 1.65. The highest BCUT2D eigenvalue weighted by molar-refractivity contribution is 5.97. The van der Waals surface area contributed by atoms with Gasteiger partial charge in [0, 0.05) is 37.3 Å². The third-order valence-electron chi connectivity index (χ3n) is 5.07. The van der Waals surface area contributed by atoms with Crippen molar-refractivity contribution in [1.82, 2.24) is 10.2 Å². The number of halogens is 3. The summed E-state index contributed by atoms with van der Waals surface area (Å²) in [6.07, 6.45) is -5.27. The van der Waals surface area contributed by atoms with Crippen LogP contribution in [0.25, 0.3) is 0 Å². The van der Waals surface area contributed by atoms with Crippen LogP contribution in [0.2, 0.25) is 0 Å². The highest BCUT2D eigenvalue weighted by Gasteiger charge is 2.38. The van der Waals surface area contributed by atoms with Crippen molar-refractivity contribution in [2.24, 2.45) is 0 Å². The molecule has 1 saturated heterocycles. The minimum atomic E-state index is -4.99. The van der Waals surface area contributed by atoms with E-state index in [1.807, 2.05) is 30.3 Å². The SMILES string of the molecule is O=C(CCNC(=O)C(F)(F)F)c1cccc(CN(C(=O)N2CCOCC2)c2ccccc2)c1. The van der Waals surface area contributed by atoms with Gasteiger partial charge in [0.1, 0.15) is 0 Å². The number of amides is 3. The summed E-state index contributed by atoms with van der Waals surface area (Å²) >= 11 is 0. The Morgan fingerprint density at radius 1 is 1.00 bits per heavy atom. The molecule has 1 N–H and O–H groups in total. The normalized spacial score (nSPS) is 14.0. The number of anilines is 1. The third-order valence-corrected chi connectivity index (χ3v) is 5.07. The van der Waals surface area contributed by atoms with E-state index in [1.165, 1.54) is 0 Å². The number of morpholine rings is 1. The van der Waals surface area contributed by atoms with E-state index < -0.39 is 24.4 Å². The Morgan fingerprint density at radius 2 is 1.70 bits per heavy atom. The number of carbonyl (C=O) groups excluding carboxylic acids is 3. The maximum Gasteiger partial charge on any atom is 0.471 e. The number of hydrogen-bond donors (Lipinski definition) is 1. The van der Waals surface area contributed by atoms with Crippen LogP contribution in [0.15, 0.2) is 54.6 Å². The van der Waals surface area contributed by atoms with Crippen LogP contribution >= 0.6 is 0 Å². The van der Waals surface area contributed by atoms with Crippen molar-refractivity contribution in [2.75, 3.05) is 37.7 Å². The molecule has 1 aliphatic heterocycles. The van der Waals surface area contributed by atoms with E-state index in [9.17, 15) is 27.6 Å². The van der Waals surface area contributed by atoms with Crippen LogP contribution in [0.4, 0.5) is 23.7 Å². The Hall–Kier alpha value is -3.40. The molecule has 0 radical (unpaired) electrons. The summed E-state index contributed by atoms with van der Waals surface area (Å²) in [5.74, 6) is -2.49. The first-order valence-electron chi connectivity index (χ1n) is 10.4. The summed E-state index contributed by atoms with van der Waals surface area (Å²) in [5.41, 5.74) is 1.67. The molecule has 0 aliphatic carbocycles. The summed E-state index contributed by atoms with van der Waals surface area (Å²) in [6, 6.07) is 15.5. The molecule has 1 heterocycles. The lowest BCUT2D eigenvalue weighted by atomic mass is 10.0. The Balaban J connectivity index is 1.70. The zero-order chi connectivity index (χ0) is 23.8. The van der Waals surface area contributed by atoms with E-state index in [-0.39, 0.29) is 19.0 Å². The molecular formula is C23H24F3N3O4. The average molecular weight is 463 g/mol. The van der Waals surface area contributed by atoms with Gasteiger partial charge in [-0.05, 0) is 23.8 Å². The van der Waals surface area contributed by atoms with E-state index in [0.717, 1.165) is 0 Å². The number of alkyl halides is 3. The number of para-hydroxylation sites is 1. The lowest BCUT2D eigenvalue weighted by Gasteiger charge is -2.33. The fourth-order valence-electron chi connectivity index (χ4n) is 3.36. The van der Waals surface area contributed by atoms with Crippen molar-refractivity contribution in [3.63, 3.8) is 0 Å². The van der Waals surface area contributed by atoms with Crippen molar-refractivity contribution < 1.29 is 32.3 Å². The van der Waals surface area contributed by atoms with E-state index in [4.69, 9.17) is 4.74 Å². The molecule has 7 nitrogen and oxygen atoms in total. The van der Waals surface area contributed by atoms with Gasteiger partial charge < -0.3 is 15.0 Å². The lowest BCUT2D eigenvalue weighted by molar-refractivity contribution is -0.173. The molecule has 0 aromatic heterocycles. The van der Waals surface area contributed by atoms with Crippen LogP contribution in [0.5, 0.6) is 0 Å². The Kier molecular flexibility index (Phi) is 8.05. The Bertz CT molecular complexity index is 976. The smallest absolute Gasteiger partial charge is 0.378 e. The first-order valence-corrected chi connectivity index (χ1v) is 10.4. The van der Waals surface area contributed by atoms with Crippen molar-refractivity contribution in [2.45, 2.75) is 19.1 Å². The molecular weight excluding hydrogens is 439 g/mol. The second-order valence-electron chi connectivity index (χ2n) is 7.43. The van der Waals surface area contributed by atoms with Crippen LogP contribution in [0.1, 0.15) is 22.3 Å². The van der Waals surface area contributed by atoms with E-state index in [0.29, 0.717) is 43.1 Å². The highest BCUT2D eigenvalue weighted by atomic mass is 19.4. The summed E-state index contributed by atoms with van der Waals surface area (Å²) in [5, 5.41) is 1.69. The quantitative estimate of drug-likeness (QED) is 0.639. The number of urea groups is 1. The number of hydrogen-bond acceptors (Lipinski definition) is 4. The van der Waals surface area contributed by atoms with Gasteiger partial charge in [-0.15, -0.1) is 0 Å². The van der Waals surface area contributed by atoms with Gasteiger partial charge in [0.15, 0.2) is 5.78 Å². The molecule has 10 heteroatoms. The Labute approximate surface area is 189 Å². The van der Waals surface area contributed by atoms with Crippen LogP contribution < -0.4 is 10.2 Å². The van der Waals surface area contributed by atoms with Crippen LogP contribution in [0, 0.1) is 0 Å². The number of ether oxygens (including phenoxy) is 1. The zero-order valence-electron chi connectivity index (χ0n) is 17.8. The van der Waals surface area contributed by atoms with Gasteiger partial charge in [-0.1, -0.05) is 36.4 Å². The molecule has 0 unspecified atom stereocenters. The molecule has 33 heavy (non-hydrogen) atoms. The first kappa shape index (κ1) is 24.2. The standard InChI is InChI=1S/C23H24F3N3O4/c24-23(25,26)21(31)27-10-9-20(30)18-6-4-5-17(15-18)16-29(19-7-2-1-3-8-19)22(32)28-11-13-33-14-12-28/h1-8,15H,9-14,16H2,(H,27,31). The van der Waals surface area contributed by atoms with Crippen molar-refractivity contribution >= 4 is 23.4 Å². The van der Waals surface area contributed by atoms with Gasteiger partial charge in [-0.3, -0.25) is 14.5 Å². The summed E-state index contributed by atoms with van der Waals surface area (Å²) in [4.78, 5) is 39.8. The number of nitrogens with zero attached hydrogens (tertiary/aromatic N) is 2. The topological polar surface area (TPSA) is 79.0 Å². The fourth-order valence-corrected chi connectivity index (χ4v) is 3.36. The van der Waals surface area contributed by atoms with Crippen molar-refractivity contribution in [3.05, 3.63) is 65.7 Å². The van der Waals surface area contributed by atoms with Crippen LogP contribution in [0.3, 0.4) is 0 Å². The second kappa shape index (κ2) is 11.0. The number of ketones is 1. The second-order valence-corrected chi connectivity index (χ2v) is 7.43. The van der Waals surface area contributed by atoms with Crippen LogP contribution in [-0.4, -0.2) is 61.6 Å². The third kappa shape index (κ3) is 6.79. The minimum Gasteiger partial charge on any atom is -0.378 e. The molecule has 1 fully saturated rings. The van der Waals surface area contributed by atoms with Gasteiger partial charge in [0.05, 0.1) is 19.8 Å². The number of Topliss-reactive ketones (excluding diaryl/α,β-unsaturated/α-hetero) is 1. The maximum atomic E-state index is 13.2. The molecule has 2 aromatic carbocycles. The van der Waals surface area contributed by atoms with Gasteiger partial charge in [0.2, 0.25) is 0 Å². The molecule has 176 valence electrons. The molecule has 2 aromatic rings. The predicted molar refractivity (Wildman–Crippen MR) is 115 cm³/mol. The molecule has 3 rings (SSSR count). The molecule has 0 bridgehead atoms. The van der Waals surface area contributed by atoms with E-state index in [2.05, 4.69) is 0 Å². The zero-order valence-corrected chi connectivity index (χ0v) is 17.8. The van der Waals surface area contributed by atoms with Gasteiger partial charge in [-0.25, -0.2) is 4.79 Å². The predicted octanol–water partition coefficient (Wildman–Crippen LogP) is 3.40. The van der Waals surface area contributed by atoms with Gasteiger partial charge in [0.25, 0.3) is 0 Å². The Morgan fingerprint density at radius 3 is 2.36 bits per heavy atom. The van der Waals surface area contributed by atoms with Gasteiger partial charge in [-0.2, -0.15) is 13.2 Å². The number of nitrogens with one attached hydrogen (secondary N) is 1. The number of benzene rings is 2. The van der Waals surface area contributed by atoms with Crippen molar-refractivity contribution in [3.8, 4) is 0 Å². The number of carbonyl (C=O) groups is 3. The van der Waals surface area contributed by atoms with Crippen molar-refractivity contribution in [1.29, 1.82) is 0 Å².